The van der Waals surface area contributed by atoms with Gasteiger partial charge >= 0.3 is 21.1 Å². The Morgan fingerprint density at radius 2 is 1.34 bits per heavy atom. The van der Waals surface area contributed by atoms with Crippen molar-refractivity contribution in [1.29, 1.82) is 0 Å². The maximum atomic E-state index is 6.46. The predicted octanol–water partition coefficient (Wildman–Crippen LogP) is 14.2. The van der Waals surface area contributed by atoms with Crippen LogP contribution in [-0.4, -0.2) is 24.1 Å². The van der Waals surface area contributed by atoms with Crippen LogP contribution in [0.1, 0.15) is 26.3 Å². The molecule has 0 fully saturated rings. The number of nitrogens with zero attached hydrogens (tertiary/aromatic N) is 6. The number of imidazole rings is 1. The minimum absolute atomic E-state index is 0. The molecule has 0 saturated heterocycles. The van der Waals surface area contributed by atoms with Gasteiger partial charge in [0.25, 0.3) is 0 Å². The van der Waals surface area contributed by atoms with Crippen molar-refractivity contribution < 1.29 is 25.5 Å². The summed E-state index contributed by atoms with van der Waals surface area (Å²) in [7, 11) is 0. The van der Waals surface area contributed by atoms with Crippen LogP contribution in [0.4, 0.5) is 0 Å². The second-order valence-electron chi connectivity index (χ2n) is 17.6. The second-order valence-corrected chi connectivity index (χ2v) is 17.6. The molecule has 0 spiro atoms. The first kappa shape index (κ1) is 39.0. The molecule has 65 heavy (non-hydrogen) atoms. The Hall–Kier alpha value is -7.60. The zero-order valence-electron chi connectivity index (χ0n) is 35.7. The van der Waals surface area contributed by atoms with Gasteiger partial charge in [0.15, 0.2) is 0 Å². The monoisotopic (exact) mass is 1020 g/mol. The fraction of sp³-hybridized carbons (Fsp3) is 0.0702. The average molecular weight is 1020 g/mol. The summed E-state index contributed by atoms with van der Waals surface area (Å²) in [5.41, 5.74) is 14.6. The van der Waals surface area contributed by atoms with Gasteiger partial charge in [-0.05, 0) is 98.4 Å². The zero-order chi connectivity index (χ0) is 42.7. The maximum absolute atomic E-state index is 6.46. The largest absolute Gasteiger partial charge is 2.00 e. The molecular formula is C57H38N6OPt. The van der Waals surface area contributed by atoms with Gasteiger partial charge in [0.2, 0.25) is 0 Å². The summed E-state index contributed by atoms with van der Waals surface area (Å²) in [6.07, 6.45) is 5.60. The molecule has 13 aromatic rings. The quantitative estimate of drug-likeness (QED) is 0.161. The molecule has 7 aromatic carbocycles. The van der Waals surface area contributed by atoms with Gasteiger partial charge < -0.3 is 14.0 Å². The van der Waals surface area contributed by atoms with Crippen LogP contribution in [0, 0.1) is 6.07 Å². The summed E-state index contributed by atoms with van der Waals surface area (Å²) in [5.74, 6) is 1.65. The molecule has 0 radical (unpaired) electrons. The number of pyridine rings is 2. The molecule has 6 aromatic heterocycles. The summed E-state index contributed by atoms with van der Waals surface area (Å²) >= 11 is 0. The Balaban J connectivity index is 0.00000444. The third-order valence-corrected chi connectivity index (χ3v) is 12.8. The van der Waals surface area contributed by atoms with E-state index >= 15 is 0 Å². The number of aromatic nitrogens is 6. The van der Waals surface area contributed by atoms with Crippen LogP contribution >= 0.6 is 0 Å². The number of rotatable bonds is 5. The van der Waals surface area contributed by atoms with Crippen molar-refractivity contribution in [3.63, 3.8) is 0 Å². The average Bonchev–Trinajstić information content (AvgIpc) is 4.10. The SMILES string of the molecule is CC(C)(C)c1ccnc(-n2c3[c-]c(-c4cccc5c4nc(-c4cccc6c4[n-]c4ccccc46)n5-c4ccc5c(c4)oc4ccccc45)ccc3c3cc(-c4ccncc4)ccc32)c1.[Pt+2]. The number of furan rings is 1. The molecule has 0 aliphatic heterocycles. The summed E-state index contributed by atoms with van der Waals surface area (Å²) < 4.78 is 11.0. The Bertz CT molecular complexity index is 4020. The summed E-state index contributed by atoms with van der Waals surface area (Å²) in [6.45, 7) is 6.72. The molecule has 7 nitrogen and oxygen atoms in total. The van der Waals surface area contributed by atoms with Crippen LogP contribution in [0.5, 0.6) is 0 Å². The Labute approximate surface area is 388 Å². The van der Waals surface area contributed by atoms with E-state index < -0.39 is 0 Å². The topological polar surface area (TPSA) is 75.8 Å². The number of para-hydroxylation sites is 4. The van der Waals surface area contributed by atoms with E-state index in [2.05, 4.69) is 180 Å². The van der Waals surface area contributed by atoms with Crippen molar-refractivity contribution in [3.05, 3.63) is 188 Å². The smallest absolute Gasteiger partial charge is 0.656 e. The summed E-state index contributed by atoms with van der Waals surface area (Å²) in [4.78, 5) is 20.1. The van der Waals surface area contributed by atoms with Gasteiger partial charge in [-0.1, -0.05) is 117 Å². The number of hydrogen-bond acceptors (Lipinski definition) is 4. The first-order valence-electron chi connectivity index (χ1n) is 21.6. The molecule has 0 saturated carbocycles. The van der Waals surface area contributed by atoms with E-state index in [1.807, 2.05) is 36.8 Å². The predicted molar refractivity (Wildman–Crippen MR) is 260 cm³/mol. The van der Waals surface area contributed by atoms with E-state index in [1.165, 1.54) is 5.56 Å². The minimum atomic E-state index is -0.0596. The Kier molecular flexibility index (Phi) is 8.84. The molecular weight excluding hydrogens is 980 g/mol. The third kappa shape index (κ3) is 6.10. The van der Waals surface area contributed by atoms with Gasteiger partial charge in [-0.15, -0.1) is 34.8 Å². The molecule has 0 unspecified atom stereocenters. The number of benzene rings is 7. The molecule has 0 aliphatic rings. The maximum Gasteiger partial charge on any atom is 2.00 e. The van der Waals surface area contributed by atoms with E-state index in [-0.39, 0.29) is 26.5 Å². The van der Waals surface area contributed by atoms with Gasteiger partial charge in [0.05, 0.1) is 16.7 Å². The van der Waals surface area contributed by atoms with Crippen molar-refractivity contribution in [2.45, 2.75) is 26.2 Å². The van der Waals surface area contributed by atoms with Crippen LogP contribution in [0.25, 0.3) is 122 Å². The molecule has 312 valence electrons. The fourth-order valence-corrected chi connectivity index (χ4v) is 9.66. The molecule has 0 N–H and O–H groups in total. The van der Waals surface area contributed by atoms with E-state index in [1.54, 1.807) is 0 Å². The molecule has 8 heteroatoms. The van der Waals surface area contributed by atoms with Gasteiger partial charge in [0, 0.05) is 46.5 Å². The van der Waals surface area contributed by atoms with Crippen LogP contribution in [0.2, 0.25) is 0 Å². The first-order chi connectivity index (χ1) is 31.4. The zero-order valence-corrected chi connectivity index (χ0v) is 37.9. The number of hydrogen-bond donors (Lipinski definition) is 0. The van der Waals surface area contributed by atoms with Crippen LogP contribution in [0.3, 0.4) is 0 Å². The standard InChI is InChI=1S/C57H38N6O.Pt/c1-57(2,3)37-26-29-59-53(32-37)63-48-23-19-35(34-24-27-58-28-25-34)30-46(48)41-21-18-36(31-50(41)63)39-12-9-16-49-55(39)61-56(45-14-8-13-44-40-10-4-6-15-47(40)60-54(44)45)62(49)38-20-22-43-42-11-5-7-17-51(42)64-52(43)33-38;/h4-30,32-33H,1-3H3;/q-2;+2. The van der Waals surface area contributed by atoms with Crippen molar-refractivity contribution in [2.24, 2.45) is 0 Å². The second kappa shape index (κ2) is 14.7. The van der Waals surface area contributed by atoms with Crippen LogP contribution in [0.15, 0.2) is 181 Å². The molecule has 0 amide bonds. The van der Waals surface area contributed by atoms with Crippen molar-refractivity contribution >= 4 is 76.6 Å². The van der Waals surface area contributed by atoms with Crippen molar-refractivity contribution in [2.75, 3.05) is 0 Å². The normalized spacial score (nSPS) is 12.1. The van der Waals surface area contributed by atoms with E-state index in [0.717, 1.165) is 122 Å². The Morgan fingerprint density at radius 1 is 0.569 bits per heavy atom. The van der Waals surface area contributed by atoms with Gasteiger partial charge in [-0.2, -0.15) is 0 Å². The summed E-state index contributed by atoms with van der Waals surface area (Å²) in [6, 6.07) is 59.3. The molecule has 6 heterocycles. The molecule has 0 bridgehead atoms. The van der Waals surface area contributed by atoms with E-state index in [9.17, 15) is 0 Å². The molecule has 13 rings (SSSR count). The third-order valence-electron chi connectivity index (χ3n) is 12.8. The van der Waals surface area contributed by atoms with E-state index in [0.29, 0.717) is 0 Å². The van der Waals surface area contributed by atoms with Crippen LogP contribution < -0.4 is 4.98 Å². The molecule has 0 atom stereocenters. The van der Waals surface area contributed by atoms with Gasteiger partial charge in [-0.3, -0.25) is 9.55 Å². The van der Waals surface area contributed by atoms with Crippen LogP contribution in [-0.2, 0) is 26.5 Å². The first-order valence-corrected chi connectivity index (χ1v) is 21.6. The van der Waals surface area contributed by atoms with Gasteiger partial charge in [0.1, 0.15) is 22.8 Å². The minimum Gasteiger partial charge on any atom is -0.656 e. The Morgan fingerprint density at radius 3 is 2.22 bits per heavy atom. The number of fused-ring (bicyclic) bond motifs is 10. The molecule has 0 aliphatic carbocycles. The van der Waals surface area contributed by atoms with Gasteiger partial charge in [-0.25, -0.2) is 9.97 Å². The fourth-order valence-electron chi connectivity index (χ4n) is 9.66. The summed E-state index contributed by atoms with van der Waals surface area (Å²) in [5, 5.41) is 6.62. The van der Waals surface area contributed by atoms with E-state index in [4.69, 9.17) is 19.4 Å². The van der Waals surface area contributed by atoms with Crippen molar-refractivity contribution in [3.8, 4) is 45.1 Å². The van der Waals surface area contributed by atoms with Crippen molar-refractivity contribution in [1.82, 2.24) is 29.1 Å².